The molecule has 1 aromatic rings. The van der Waals surface area contributed by atoms with E-state index in [2.05, 4.69) is 14.9 Å². The molecule has 0 atom stereocenters. The van der Waals surface area contributed by atoms with E-state index in [0.717, 1.165) is 18.8 Å². The quantitative estimate of drug-likeness (QED) is 0.575. The molecule has 2 N–H and O–H groups in total. The van der Waals surface area contributed by atoms with Crippen molar-refractivity contribution in [2.24, 2.45) is 10.7 Å². The van der Waals surface area contributed by atoms with Crippen molar-refractivity contribution >= 4 is 5.96 Å². The second kappa shape index (κ2) is 4.29. The van der Waals surface area contributed by atoms with E-state index in [4.69, 9.17) is 5.73 Å². The van der Waals surface area contributed by atoms with Crippen LogP contribution in [0.25, 0.3) is 0 Å². The molecule has 0 aliphatic carbocycles. The van der Waals surface area contributed by atoms with Crippen molar-refractivity contribution in [1.82, 2.24) is 9.88 Å². The number of nitrogens with zero attached hydrogens (tertiary/aromatic N) is 3. The first kappa shape index (κ1) is 9.96. The molecule has 80 valence electrons. The average Bonchev–Trinajstić information content (AvgIpc) is 2.12. The van der Waals surface area contributed by atoms with E-state index in [1.807, 2.05) is 19.1 Å². The number of nitrogens with two attached hydrogens (primary N) is 1. The van der Waals surface area contributed by atoms with Gasteiger partial charge in [0.15, 0.2) is 5.96 Å². The monoisotopic (exact) mass is 204 g/mol. The zero-order valence-corrected chi connectivity index (χ0v) is 8.98. The lowest BCUT2D eigenvalue weighted by molar-refractivity contribution is 0.295. The average molecular weight is 204 g/mol. The molecule has 0 bridgehead atoms. The van der Waals surface area contributed by atoms with Crippen LogP contribution >= 0.6 is 0 Å². The number of guanidine groups is 1. The summed E-state index contributed by atoms with van der Waals surface area (Å²) >= 11 is 0. The highest BCUT2D eigenvalue weighted by molar-refractivity contribution is 5.78. The minimum absolute atomic E-state index is 0.573. The number of hydrogen-bond donors (Lipinski definition) is 1. The molecule has 0 unspecified atom stereocenters. The van der Waals surface area contributed by atoms with Crippen molar-refractivity contribution in [2.75, 3.05) is 13.1 Å². The molecule has 1 fully saturated rings. The number of aryl methyl sites for hydroxylation is 1. The zero-order chi connectivity index (χ0) is 10.7. The molecule has 0 spiro atoms. The van der Waals surface area contributed by atoms with Gasteiger partial charge >= 0.3 is 0 Å². The maximum absolute atomic E-state index is 5.81. The molecule has 1 aliphatic rings. The normalized spacial score (nSPS) is 16.3. The van der Waals surface area contributed by atoms with Gasteiger partial charge in [0.1, 0.15) is 0 Å². The largest absolute Gasteiger partial charge is 0.370 e. The van der Waals surface area contributed by atoms with Crippen LogP contribution in [0.1, 0.15) is 17.7 Å². The molecule has 4 heteroatoms. The van der Waals surface area contributed by atoms with Crippen molar-refractivity contribution in [1.29, 1.82) is 0 Å². The predicted octanol–water partition coefficient (Wildman–Crippen LogP) is 0.910. The number of likely N-dealkylation sites (tertiary alicyclic amines) is 1. The van der Waals surface area contributed by atoms with Crippen LogP contribution < -0.4 is 5.73 Å². The van der Waals surface area contributed by atoms with Gasteiger partial charge in [-0.1, -0.05) is 0 Å². The minimum Gasteiger partial charge on any atom is -0.370 e. The summed E-state index contributed by atoms with van der Waals surface area (Å²) in [6, 6.07) is 4.01. The molecule has 15 heavy (non-hydrogen) atoms. The Kier molecular flexibility index (Phi) is 2.85. The number of aliphatic imine (C=N–C) groups is 1. The first-order chi connectivity index (χ1) is 7.25. The molecular formula is C11H16N4. The summed E-state index contributed by atoms with van der Waals surface area (Å²) in [5.41, 5.74) is 7.99. The van der Waals surface area contributed by atoms with E-state index in [-0.39, 0.29) is 0 Å². The van der Waals surface area contributed by atoms with Gasteiger partial charge in [-0.05, 0) is 31.0 Å². The van der Waals surface area contributed by atoms with Gasteiger partial charge in [0, 0.05) is 19.3 Å². The van der Waals surface area contributed by atoms with Crippen LogP contribution in [-0.4, -0.2) is 28.9 Å². The molecule has 0 aromatic carbocycles. The molecule has 0 amide bonds. The molecule has 2 heterocycles. The SMILES string of the molecule is Cc1ccnc(CN=C(N)N2CCC2)c1. The van der Waals surface area contributed by atoms with Crippen LogP contribution in [0.3, 0.4) is 0 Å². The third kappa shape index (κ3) is 2.46. The third-order valence-corrected chi connectivity index (χ3v) is 2.56. The molecule has 2 rings (SSSR count). The fourth-order valence-electron chi connectivity index (χ4n) is 1.49. The van der Waals surface area contributed by atoms with Gasteiger partial charge in [0.05, 0.1) is 12.2 Å². The number of pyridine rings is 1. The summed E-state index contributed by atoms with van der Waals surface area (Å²) in [5, 5.41) is 0. The molecule has 1 aliphatic heterocycles. The summed E-state index contributed by atoms with van der Waals surface area (Å²) in [5.74, 6) is 0.643. The Labute approximate surface area is 89.8 Å². The highest BCUT2D eigenvalue weighted by Gasteiger charge is 2.15. The smallest absolute Gasteiger partial charge is 0.191 e. The maximum Gasteiger partial charge on any atom is 0.191 e. The van der Waals surface area contributed by atoms with Gasteiger partial charge < -0.3 is 10.6 Å². The first-order valence-corrected chi connectivity index (χ1v) is 5.22. The Hall–Kier alpha value is -1.58. The minimum atomic E-state index is 0.573. The maximum atomic E-state index is 5.81. The topological polar surface area (TPSA) is 54.5 Å². The van der Waals surface area contributed by atoms with Crippen LogP contribution in [0.2, 0.25) is 0 Å². The fraction of sp³-hybridized carbons (Fsp3) is 0.455. The molecule has 1 saturated heterocycles. The first-order valence-electron chi connectivity index (χ1n) is 5.22. The lowest BCUT2D eigenvalue weighted by Crippen LogP contribution is -2.46. The number of hydrogen-bond acceptors (Lipinski definition) is 2. The summed E-state index contributed by atoms with van der Waals surface area (Å²) in [6.07, 6.45) is 3.03. The van der Waals surface area contributed by atoms with E-state index in [0.29, 0.717) is 12.5 Å². The summed E-state index contributed by atoms with van der Waals surface area (Å²) in [6.45, 7) is 4.70. The lowest BCUT2D eigenvalue weighted by Gasteiger charge is -2.31. The van der Waals surface area contributed by atoms with Gasteiger partial charge in [-0.25, -0.2) is 4.99 Å². The van der Waals surface area contributed by atoms with Crippen molar-refractivity contribution < 1.29 is 0 Å². The van der Waals surface area contributed by atoms with Crippen LogP contribution in [-0.2, 0) is 6.54 Å². The lowest BCUT2D eigenvalue weighted by atomic mass is 10.2. The Bertz CT molecular complexity index is 369. The van der Waals surface area contributed by atoms with Crippen molar-refractivity contribution in [2.45, 2.75) is 19.9 Å². The van der Waals surface area contributed by atoms with Crippen LogP contribution in [0.15, 0.2) is 23.3 Å². The van der Waals surface area contributed by atoms with E-state index in [9.17, 15) is 0 Å². The van der Waals surface area contributed by atoms with Crippen LogP contribution in [0.5, 0.6) is 0 Å². The predicted molar refractivity (Wildman–Crippen MR) is 60.5 cm³/mol. The van der Waals surface area contributed by atoms with E-state index in [1.165, 1.54) is 12.0 Å². The third-order valence-electron chi connectivity index (χ3n) is 2.56. The van der Waals surface area contributed by atoms with Gasteiger partial charge in [-0.15, -0.1) is 0 Å². The van der Waals surface area contributed by atoms with E-state index < -0.39 is 0 Å². The van der Waals surface area contributed by atoms with Crippen LogP contribution in [0.4, 0.5) is 0 Å². The molecular weight excluding hydrogens is 188 g/mol. The Balaban J connectivity index is 1.96. The highest BCUT2D eigenvalue weighted by Crippen LogP contribution is 2.06. The fourth-order valence-corrected chi connectivity index (χ4v) is 1.49. The number of aromatic nitrogens is 1. The Morgan fingerprint density at radius 3 is 3.00 bits per heavy atom. The molecule has 4 nitrogen and oxygen atoms in total. The summed E-state index contributed by atoms with van der Waals surface area (Å²) < 4.78 is 0. The second-order valence-corrected chi connectivity index (χ2v) is 3.84. The van der Waals surface area contributed by atoms with Gasteiger partial charge in [-0.3, -0.25) is 4.98 Å². The van der Waals surface area contributed by atoms with Gasteiger partial charge in [0.2, 0.25) is 0 Å². The highest BCUT2D eigenvalue weighted by atomic mass is 15.3. The standard InChI is InChI=1S/C11H16N4/c1-9-3-4-13-10(7-9)8-14-11(12)15-5-2-6-15/h3-4,7H,2,5-6,8H2,1H3,(H2,12,14). The Morgan fingerprint density at radius 2 is 2.40 bits per heavy atom. The van der Waals surface area contributed by atoms with E-state index >= 15 is 0 Å². The summed E-state index contributed by atoms with van der Waals surface area (Å²) in [4.78, 5) is 10.6. The summed E-state index contributed by atoms with van der Waals surface area (Å²) in [7, 11) is 0. The molecule has 0 radical (unpaired) electrons. The van der Waals surface area contributed by atoms with Crippen molar-refractivity contribution in [3.8, 4) is 0 Å². The molecule has 0 saturated carbocycles. The van der Waals surface area contributed by atoms with Gasteiger partial charge in [0.25, 0.3) is 0 Å². The molecule has 1 aromatic heterocycles. The zero-order valence-electron chi connectivity index (χ0n) is 8.98. The Morgan fingerprint density at radius 1 is 1.60 bits per heavy atom. The van der Waals surface area contributed by atoms with Crippen molar-refractivity contribution in [3.05, 3.63) is 29.6 Å². The number of rotatable bonds is 2. The second-order valence-electron chi connectivity index (χ2n) is 3.84. The van der Waals surface area contributed by atoms with Crippen molar-refractivity contribution in [3.63, 3.8) is 0 Å². The van der Waals surface area contributed by atoms with E-state index in [1.54, 1.807) is 6.20 Å². The van der Waals surface area contributed by atoms with Crippen LogP contribution in [0, 0.1) is 6.92 Å². The van der Waals surface area contributed by atoms with Gasteiger partial charge in [-0.2, -0.15) is 0 Å².